The molecule has 0 radical (unpaired) electrons. The van der Waals surface area contributed by atoms with E-state index in [-0.39, 0.29) is 18.8 Å². The molecule has 92 valence electrons. The van der Waals surface area contributed by atoms with Crippen molar-refractivity contribution in [3.05, 3.63) is 0 Å². The molecule has 7 heteroatoms. The van der Waals surface area contributed by atoms with Crippen LogP contribution in [0.15, 0.2) is 0 Å². The van der Waals surface area contributed by atoms with E-state index < -0.39 is 30.5 Å². The molecule has 3 nitrogen and oxygen atoms in total. The summed E-state index contributed by atoms with van der Waals surface area (Å²) in [4.78, 5) is 11.0. The number of hydrogen-bond acceptors (Lipinski definition) is 3. The van der Waals surface area contributed by atoms with Gasteiger partial charge in [-0.3, -0.25) is 4.79 Å². The molecule has 0 saturated heterocycles. The van der Waals surface area contributed by atoms with Crippen molar-refractivity contribution in [1.29, 1.82) is 0 Å². The van der Waals surface area contributed by atoms with Crippen molar-refractivity contribution in [2.24, 2.45) is 11.7 Å². The van der Waals surface area contributed by atoms with Crippen LogP contribution in [0.4, 0.5) is 13.2 Å². The van der Waals surface area contributed by atoms with Crippen LogP contribution >= 0.6 is 12.4 Å². The summed E-state index contributed by atoms with van der Waals surface area (Å²) in [5.74, 6) is -1.58. The molecule has 2 N–H and O–H groups in total. The Hall–Kier alpha value is -0.490. The van der Waals surface area contributed by atoms with E-state index in [9.17, 15) is 18.0 Å². The molecule has 15 heavy (non-hydrogen) atoms. The molecule has 0 bridgehead atoms. The summed E-state index contributed by atoms with van der Waals surface area (Å²) in [7, 11) is 1.13. The predicted molar refractivity (Wildman–Crippen MR) is 51.7 cm³/mol. The number of carbonyl (C=O) groups excluding carboxylic acids is 1. The maximum absolute atomic E-state index is 11.9. The topological polar surface area (TPSA) is 52.3 Å². The van der Waals surface area contributed by atoms with E-state index in [1.807, 2.05) is 0 Å². The fourth-order valence-electron chi connectivity index (χ4n) is 1.21. The monoisotopic (exact) mass is 249 g/mol. The van der Waals surface area contributed by atoms with Gasteiger partial charge in [0.15, 0.2) is 0 Å². The summed E-state index contributed by atoms with van der Waals surface area (Å²) in [6.07, 6.45) is -5.27. The van der Waals surface area contributed by atoms with Crippen molar-refractivity contribution < 1.29 is 22.7 Å². The van der Waals surface area contributed by atoms with Crippen LogP contribution in [-0.4, -0.2) is 25.3 Å². The van der Waals surface area contributed by atoms with Crippen LogP contribution in [0.1, 0.15) is 19.8 Å². The summed E-state index contributed by atoms with van der Waals surface area (Å²) in [5.41, 5.74) is 5.27. The highest BCUT2D eigenvalue weighted by Gasteiger charge is 2.36. The lowest BCUT2D eigenvalue weighted by Crippen LogP contribution is -2.39. The Morgan fingerprint density at radius 3 is 2.20 bits per heavy atom. The Labute approximate surface area is 92.6 Å². The molecule has 0 aliphatic heterocycles. The molecule has 0 aromatic carbocycles. The van der Waals surface area contributed by atoms with Gasteiger partial charge in [0, 0.05) is 6.04 Å². The summed E-state index contributed by atoms with van der Waals surface area (Å²) in [6.45, 7) is 1.60. The van der Waals surface area contributed by atoms with Gasteiger partial charge in [-0.1, -0.05) is 6.92 Å². The smallest absolute Gasteiger partial charge is 0.390 e. The van der Waals surface area contributed by atoms with Crippen molar-refractivity contribution in [3.8, 4) is 0 Å². The Morgan fingerprint density at radius 1 is 1.47 bits per heavy atom. The fourth-order valence-corrected chi connectivity index (χ4v) is 1.21. The highest BCUT2D eigenvalue weighted by molar-refractivity contribution is 5.85. The minimum atomic E-state index is -4.35. The third-order valence-corrected chi connectivity index (χ3v) is 1.93. The second kappa shape index (κ2) is 6.90. The van der Waals surface area contributed by atoms with Crippen molar-refractivity contribution in [1.82, 2.24) is 0 Å². The van der Waals surface area contributed by atoms with Gasteiger partial charge in [0.25, 0.3) is 0 Å². The Kier molecular flexibility index (Phi) is 7.78. The second-order valence-corrected chi connectivity index (χ2v) is 3.02. The van der Waals surface area contributed by atoms with Gasteiger partial charge in [-0.15, -0.1) is 12.4 Å². The molecule has 0 heterocycles. The lowest BCUT2D eigenvalue weighted by atomic mass is 9.95. The lowest BCUT2D eigenvalue weighted by Gasteiger charge is -2.21. The first-order chi connectivity index (χ1) is 6.31. The Balaban J connectivity index is 0. The molecule has 0 aliphatic rings. The number of alkyl halides is 3. The molecule has 2 unspecified atom stereocenters. The van der Waals surface area contributed by atoms with Gasteiger partial charge < -0.3 is 10.5 Å². The van der Waals surface area contributed by atoms with Crippen LogP contribution in [-0.2, 0) is 9.53 Å². The maximum Gasteiger partial charge on any atom is 0.390 e. The number of halogens is 4. The lowest BCUT2D eigenvalue weighted by molar-refractivity contribution is -0.154. The number of carbonyl (C=O) groups is 1. The summed E-state index contributed by atoms with van der Waals surface area (Å²) < 4.78 is 40.2. The molecule has 0 fully saturated rings. The minimum Gasteiger partial charge on any atom is -0.469 e. The molecule has 0 amide bonds. The Morgan fingerprint density at radius 2 is 1.93 bits per heavy atom. The number of methoxy groups -OCH3 is 1. The molecule has 2 atom stereocenters. The molecule has 0 aromatic rings. The number of nitrogens with two attached hydrogens (primary N) is 1. The number of ether oxygens (including phenoxy) is 1. The third-order valence-electron chi connectivity index (χ3n) is 1.93. The summed E-state index contributed by atoms with van der Waals surface area (Å²) in [5, 5.41) is 0. The number of rotatable bonds is 4. The van der Waals surface area contributed by atoms with E-state index in [2.05, 4.69) is 4.74 Å². The maximum atomic E-state index is 11.9. The zero-order valence-corrected chi connectivity index (χ0v) is 9.32. The Bertz CT molecular complexity index is 199. The predicted octanol–water partition coefficient (Wildman–Crippen LogP) is 1.89. The van der Waals surface area contributed by atoms with Crippen molar-refractivity contribution >= 4 is 18.4 Å². The van der Waals surface area contributed by atoms with Crippen LogP contribution in [0.2, 0.25) is 0 Å². The number of esters is 1. The first-order valence-electron chi connectivity index (χ1n) is 4.22. The van der Waals surface area contributed by atoms with Crippen molar-refractivity contribution in [2.45, 2.75) is 32.0 Å². The molecular weight excluding hydrogens is 235 g/mol. The fraction of sp³-hybridized carbons (Fsp3) is 0.875. The van der Waals surface area contributed by atoms with Gasteiger partial charge in [-0.25, -0.2) is 0 Å². The quantitative estimate of drug-likeness (QED) is 0.774. The first kappa shape index (κ1) is 16.9. The van der Waals surface area contributed by atoms with E-state index >= 15 is 0 Å². The molecule has 0 spiro atoms. The van der Waals surface area contributed by atoms with E-state index in [1.54, 1.807) is 6.92 Å². The normalized spacial score (nSPS) is 15.1. The number of hydrogen-bond donors (Lipinski definition) is 1. The zero-order valence-electron chi connectivity index (χ0n) is 8.50. The minimum absolute atomic E-state index is 0. The average molecular weight is 250 g/mol. The van der Waals surface area contributed by atoms with Gasteiger partial charge in [-0.05, 0) is 6.42 Å². The van der Waals surface area contributed by atoms with Crippen LogP contribution in [0.5, 0.6) is 0 Å². The highest BCUT2D eigenvalue weighted by atomic mass is 35.5. The first-order valence-corrected chi connectivity index (χ1v) is 4.22. The molecular formula is C8H15ClF3NO2. The summed E-state index contributed by atoms with van der Waals surface area (Å²) in [6, 6.07) is -1.23. The molecule has 0 aliphatic carbocycles. The highest BCUT2D eigenvalue weighted by Crippen LogP contribution is 2.25. The van der Waals surface area contributed by atoms with Crippen LogP contribution in [0, 0.1) is 5.92 Å². The van der Waals surface area contributed by atoms with Crippen LogP contribution in [0.25, 0.3) is 0 Å². The standard InChI is InChI=1S/C8H14F3NO2.ClH/c1-3-5(7(13)14-2)6(12)4-8(9,10)11;/h5-6H,3-4,12H2,1-2H3;1H. The molecule has 0 rings (SSSR count). The van der Waals surface area contributed by atoms with E-state index in [0.29, 0.717) is 0 Å². The van der Waals surface area contributed by atoms with E-state index in [1.165, 1.54) is 0 Å². The molecule has 0 saturated carbocycles. The largest absolute Gasteiger partial charge is 0.469 e. The zero-order chi connectivity index (χ0) is 11.4. The second-order valence-electron chi connectivity index (χ2n) is 3.02. The summed E-state index contributed by atoms with van der Waals surface area (Å²) >= 11 is 0. The molecule has 0 aromatic heterocycles. The van der Waals surface area contributed by atoms with Crippen molar-refractivity contribution in [2.75, 3.05) is 7.11 Å². The van der Waals surface area contributed by atoms with Gasteiger partial charge in [-0.2, -0.15) is 13.2 Å². The van der Waals surface area contributed by atoms with E-state index in [4.69, 9.17) is 5.73 Å². The van der Waals surface area contributed by atoms with Crippen LogP contribution in [0.3, 0.4) is 0 Å². The van der Waals surface area contributed by atoms with Gasteiger partial charge in [0.1, 0.15) is 0 Å². The third kappa shape index (κ3) is 6.57. The van der Waals surface area contributed by atoms with Gasteiger partial charge in [0.2, 0.25) is 0 Å². The van der Waals surface area contributed by atoms with E-state index in [0.717, 1.165) is 7.11 Å². The SMILES string of the molecule is CCC(C(=O)OC)C(N)CC(F)(F)F.Cl. The van der Waals surface area contributed by atoms with Crippen LogP contribution < -0.4 is 5.73 Å². The van der Waals surface area contributed by atoms with Gasteiger partial charge >= 0.3 is 12.1 Å². The average Bonchev–Trinajstić information content (AvgIpc) is 2.01. The van der Waals surface area contributed by atoms with Gasteiger partial charge in [0.05, 0.1) is 19.4 Å². The van der Waals surface area contributed by atoms with Crippen molar-refractivity contribution in [3.63, 3.8) is 0 Å².